The topological polar surface area (TPSA) is 12.0 Å². The molecule has 1 nitrogen and oxygen atoms in total. The first-order chi connectivity index (χ1) is 9.85. The van der Waals surface area contributed by atoms with Gasteiger partial charge in [0.1, 0.15) is 0 Å². The average Bonchev–Trinajstić information content (AvgIpc) is 2.93. The number of benzene rings is 1. The molecule has 2 saturated carbocycles. The molecule has 1 atom stereocenters. The van der Waals surface area contributed by atoms with Crippen LogP contribution in [0.5, 0.6) is 0 Å². The van der Waals surface area contributed by atoms with E-state index in [1.165, 1.54) is 51.4 Å². The standard InChI is InChI=1S/C19H29N/c1-2-20-18(15-16-9-8-10-16)19(13-6-7-14-19)17-11-4-3-5-12-17/h3-5,11-12,16,18,20H,2,6-10,13-15H2,1H3. The third-order valence-electron chi connectivity index (χ3n) is 5.76. The molecule has 2 aliphatic carbocycles. The van der Waals surface area contributed by atoms with E-state index in [9.17, 15) is 0 Å². The zero-order valence-electron chi connectivity index (χ0n) is 12.9. The molecule has 1 aromatic rings. The maximum Gasteiger partial charge on any atom is 0.0166 e. The van der Waals surface area contributed by atoms with Gasteiger partial charge < -0.3 is 5.32 Å². The Morgan fingerprint density at radius 1 is 1.10 bits per heavy atom. The van der Waals surface area contributed by atoms with Gasteiger partial charge in [-0.05, 0) is 37.3 Å². The van der Waals surface area contributed by atoms with Gasteiger partial charge in [-0.1, -0.05) is 69.4 Å². The summed E-state index contributed by atoms with van der Waals surface area (Å²) in [6.07, 6.45) is 11.3. The molecule has 110 valence electrons. The molecule has 0 aromatic heterocycles. The molecule has 1 aromatic carbocycles. The van der Waals surface area contributed by atoms with Crippen LogP contribution in [0.3, 0.4) is 0 Å². The summed E-state index contributed by atoms with van der Waals surface area (Å²) in [6, 6.07) is 12.0. The van der Waals surface area contributed by atoms with Crippen LogP contribution < -0.4 is 5.32 Å². The maximum absolute atomic E-state index is 3.86. The Hall–Kier alpha value is -0.820. The summed E-state index contributed by atoms with van der Waals surface area (Å²) in [5.41, 5.74) is 2.00. The van der Waals surface area contributed by atoms with Crippen molar-refractivity contribution in [1.82, 2.24) is 5.32 Å². The lowest BCUT2D eigenvalue weighted by molar-refractivity contribution is 0.200. The fourth-order valence-electron chi connectivity index (χ4n) is 4.43. The van der Waals surface area contributed by atoms with Crippen LogP contribution in [0.4, 0.5) is 0 Å². The molecular weight excluding hydrogens is 242 g/mol. The van der Waals surface area contributed by atoms with E-state index in [0.717, 1.165) is 12.5 Å². The van der Waals surface area contributed by atoms with Crippen molar-refractivity contribution >= 4 is 0 Å². The van der Waals surface area contributed by atoms with Gasteiger partial charge in [0.2, 0.25) is 0 Å². The Bertz CT molecular complexity index is 401. The van der Waals surface area contributed by atoms with Crippen LogP contribution in [-0.2, 0) is 5.41 Å². The summed E-state index contributed by atoms with van der Waals surface area (Å²) in [5, 5.41) is 3.86. The highest BCUT2D eigenvalue weighted by Gasteiger charge is 2.43. The maximum atomic E-state index is 3.86. The average molecular weight is 271 g/mol. The van der Waals surface area contributed by atoms with Crippen molar-refractivity contribution in [2.75, 3.05) is 6.54 Å². The second-order valence-corrected chi connectivity index (χ2v) is 6.87. The van der Waals surface area contributed by atoms with Crippen molar-refractivity contribution in [2.24, 2.45) is 5.92 Å². The molecule has 0 bridgehead atoms. The van der Waals surface area contributed by atoms with Gasteiger partial charge in [-0.3, -0.25) is 0 Å². The second-order valence-electron chi connectivity index (χ2n) is 6.87. The molecule has 0 spiro atoms. The summed E-state index contributed by atoms with van der Waals surface area (Å²) in [5.74, 6) is 0.986. The number of hydrogen-bond donors (Lipinski definition) is 1. The van der Waals surface area contributed by atoms with Gasteiger partial charge in [-0.25, -0.2) is 0 Å². The lowest BCUT2D eigenvalue weighted by atomic mass is 9.67. The minimum Gasteiger partial charge on any atom is -0.313 e. The van der Waals surface area contributed by atoms with Crippen LogP contribution in [0.25, 0.3) is 0 Å². The molecule has 1 N–H and O–H groups in total. The minimum atomic E-state index is 0.410. The third-order valence-corrected chi connectivity index (χ3v) is 5.76. The highest BCUT2D eigenvalue weighted by molar-refractivity contribution is 5.29. The van der Waals surface area contributed by atoms with Gasteiger partial charge >= 0.3 is 0 Å². The van der Waals surface area contributed by atoms with Gasteiger partial charge in [0.25, 0.3) is 0 Å². The molecule has 3 rings (SSSR count). The fraction of sp³-hybridized carbons (Fsp3) is 0.684. The van der Waals surface area contributed by atoms with E-state index in [-0.39, 0.29) is 0 Å². The molecule has 0 amide bonds. The van der Waals surface area contributed by atoms with Crippen molar-refractivity contribution in [3.05, 3.63) is 35.9 Å². The van der Waals surface area contributed by atoms with Crippen molar-refractivity contribution < 1.29 is 0 Å². The lowest BCUT2D eigenvalue weighted by Crippen LogP contribution is -2.48. The van der Waals surface area contributed by atoms with Crippen LogP contribution in [0.2, 0.25) is 0 Å². The summed E-state index contributed by atoms with van der Waals surface area (Å²) in [6.45, 7) is 3.37. The van der Waals surface area contributed by atoms with Crippen LogP contribution in [0, 0.1) is 5.92 Å². The molecule has 1 unspecified atom stereocenters. The van der Waals surface area contributed by atoms with E-state index in [4.69, 9.17) is 0 Å². The number of rotatable bonds is 6. The molecule has 1 heteroatoms. The Morgan fingerprint density at radius 2 is 1.80 bits per heavy atom. The summed E-state index contributed by atoms with van der Waals surface area (Å²) in [4.78, 5) is 0. The smallest absolute Gasteiger partial charge is 0.0166 e. The SMILES string of the molecule is CCNC(CC1CCC1)C1(c2ccccc2)CCCC1. The number of nitrogens with one attached hydrogen (secondary N) is 1. The van der Waals surface area contributed by atoms with E-state index >= 15 is 0 Å². The predicted molar refractivity (Wildman–Crippen MR) is 86.0 cm³/mol. The first-order valence-corrected chi connectivity index (χ1v) is 8.64. The van der Waals surface area contributed by atoms with Gasteiger partial charge in [0.15, 0.2) is 0 Å². The van der Waals surface area contributed by atoms with Crippen molar-refractivity contribution in [1.29, 1.82) is 0 Å². The Morgan fingerprint density at radius 3 is 2.35 bits per heavy atom. The predicted octanol–water partition coefficient (Wildman–Crippen LogP) is 4.67. The quantitative estimate of drug-likeness (QED) is 0.793. The van der Waals surface area contributed by atoms with Gasteiger partial charge in [0, 0.05) is 11.5 Å². The van der Waals surface area contributed by atoms with E-state index in [1.54, 1.807) is 5.56 Å². The van der Waals surface area contributed by atoms with E-state index in [1.807, 2.05) is 0 Å². The molecule has 2 fully saturated rings. The van der Waals surface area contributed by atoms with Crippen LogP contribution in [-0.4, -0.2) is 12.6 Å². The van der Waals surface area contributed by atoms with E-state index < -0.39 is 0 Å². The minimum absolute atomic E-state index is 0.410. The molecule has 0 saturated heterocycles. The third kappa shape index (κ3) is 2.65. The highest BCUT2D eigenvalue weighted by atomic mass is 14.9. The first-order valence-electron chi connectivity index (χ1n) is 8.64. The highest BCUT2D eigenvalue weighted by Crippen LogP contribution is 2.46. The molecular formula is C19H29N. The van der Waals surface area contributed by atoms with Gasteiger partial charge in [-0.15, -0.1) is 0 Å². The molecule has 0 heterocycles. The molecule has 0 radical (unpaired) electrons. The Balaban J connectivity index is 1.85. The van der Waals surface area contributed by atoms with Crippen LogP contribution >= 0.6 is 0 Å². The zero-order chi connectivity index (χ0) is 13.8. The lowest BCUT2D eigenvalue weighted by Gasteiger charge is -2.42. The Labute approximate surface area is 124 Å². The zero-order valence-corrected chi connectivity index (χ0v) is 12.9. The van der Waals surface area contributed by atoms with E-state index in [0.29, 0.717) is 11.5 Å². The second kappa shape index (κ2) is 6.30. The van der Waals surface area contributed by atoms with Crippen molar-refractivity contribution in [2.45, 2.75) is 69.7 Å². The molecule has 20 heavy (non-hydrogen) atoms. The van der Waals surface area contributed by atoms with Crippen LogP contribution in [0.1, 0.15) is 63.9 Å². The normalized spacial score (nSPS) is 23.4. The molecule has 2 aliphatic rings. The fourth-order valence-corrected chi connectivity index (χ4v) is 4.43. The number of hydrogen-bond acceptors (Lipinski definition) is 1. The van der Waals surface area contributed by atoms with E-state index in [2.05, 4.69) is 42.6 Å². The Kier molecular flexibility index (Phi) is 4.45. The summed E-state index contributed by atoms with van der Waals surface area (Å²) < 4.78 is 0. The first kappa shape index (κ1) is 14.1. The summed E-state index contributed by atoms with van der Waals surface area (Å²) in [7, 11) is 0. The summed E-state index contributed by atoms with van der Waals surface area (Å²) >= 11 is 0. The molecule has 0 aliphatic heterocycles. The van der Waals surface area contributed by atoms with Crippen molar-refractivity contribution in [3.63, 3.8) is 0 Å². The van der Waals surface area contributed by atoms with Gasteiger partial charge in [0.05, 0.1) is 0 Å². The van der Waals surface area contributed by atoms with Crippen LogP contribution in [0.15, 0.2) is 30.3 Å². The largest absolute Gasteiger partial charge is 0.313 e. The number of likely N-dealkylation sites (N-methyl/N-ethyl adjacent to an activating group) is 1. The monoisotopic (exact) mass is 271 g/mol. The van der Waals surface area contributed by atoms with Gasteiger partial charge in [-0.2, -0.15) is 0 Å². The van der Waals surface area contributed by atoms with Crippen molar-refractivity contribution in [3.8, 4) is 0 Å².